The van der Waals surface area contributed by atoms with Crippen LogP contribution in [0.1, 0.15) is 53.0 Å². The molecule has 2 aromatic carbocycles. The molecule has 2 aliphatic rings. The van der Waals surface area contributed by atoms with Crippen molar-refractivity contribution in [2.75, 3.05) is 13.2 Å². The third-order valence-corrected chi connectivity index (χ3v) is 6.70. The molecule has 1 saturated heterocycles. The molecule has 5 nitrogen and oxygen atoms in total. The van der Waals surface area contributed by atoms with E-state index in [1.165, 1.54) is 34.8 Å². The highest BCUT2D eigenvalue weighted by Gasteiger charge is 2.36. The van der Waals surface area contributed by atoms with Gasteiger partial charge in [0.2, 0.25) is 0 Å². The van der Waals surface area contributed by atoms with E-state index < -0.39 is 0 Å². The Bertz CT molecular complexity index is 1060. The van der Waals surface area contributed by atoms with Crippen molar-refractivity contribution in [3.63, 3.8) is 0 Å². The van der Waals surface area contributed by atoms with Gasteiger partial charge in [0.25, 0.3) is 0 Å². The third-order valence-electron chi connectivity index (χ3n) is 6.13. The molecule has 0 saturated carbocycles. The predicted octanol–water partition coefficient (Wildman–Crippen LogP) is 5.78. The van der Waals surface area contributed by atoms with Gasteiger partial charge in [-0.25, -0.2) is 9.37 Å². The summed E-state index contributed by atoms with van der Waals surface area (Å²) in [5.41, 5.74) is 3.51. The molecule has 0 N–H and O–H groups in total. The van der Waals surface area contributed by atoms with Crippen molar-refractivity contribution < 1.29 is 9.13 Å². The van der Waals surface area contributed by atoms with Gasteiger partial charge < -0.3 is 4.74 Å². The lowest BCUT2D eigenvalue weighted by molar-refractivity contribution is 0.0551. The quantitative estimate of drug-likeness (QED) is 0.495. The van der Waals surface area contributed by atoms with Gasteiger partial charge in [-0.3, -0.25) is 4.90 Å². The zero-order valence-electron chi connectivity index (χ0n) is 18.4. The Morgan fingerprint density at radius 1 is 1.12 bits per heavy atom. The minimum Gasteiger partial charge on any atom is -0.493 e. The Labute approximate surface area is 192 Å². The first-order chi connectivity index (χ1) is 15.5. The summed E-state index contributed by atoms with van der Waals surface area (Å²) in [5, 5.41) is 10.5. The molecule has 0 aliphatic carbocycles. The minimum absolute atomic E-state index is 0.0543. The van der Waals surface area contributed by atoms with E-state index in [-0.39, 0.29) is 23.8 Å². The first-order valence-corrected chi connectivity index (χ1v) is 11.7. The van der Waals surface area contributed by atoms with E-state index in [0.29, 0.717) is 6.61 Å². The summed E-state index contributed by atoms with van der Waals surface area (Å²) in [5.74, 6) is 0.806. The molecule has 0 amide bonds. The molecule has 32 heavy (non-hydrogen) atoms. The maximum atomic E-state index is 13.4. The molecule has 5 rings (SSSR count). The number of aromatic nitrogens is 2. The first kappa shape index (κ1) is 22.4. The van der Waals surface area contributed by atoms with Crippen LogP contribution >= 0.6 is 11.5 Å². The topological polar surface area (TPSA) is 62.0 Å². The molecule has 1 unspecified atom stereocenters. The van der Waals surface area contributed by atoms with Crippen LogP contribution in [0.25, 0.3) is 0 Å². The zero-order valence-corrected chi connectivity index (χ0v) is 19.2. The van der Waals surface area contributed by atoms with Gasteiger partial charge >= 0.3 is 0 Å². The van der Waals surface area contributed by atoms with Gasteiger partial charge in [0.1, 0.15) is 22.9 Å². The van der Waals surface area contributed by atoms with E-state index in [2.05, 4.69) is 45.4 Å². The average Bonchev–Trinajstić information content (AvgIpc) is 3.30. The van der Waals surface area contributed by atoms with Crippen molar-refractivity contribution in [3.05, 3.63) is 76.3 Å². The number of aryl methyl sites for hydroxylation is 2. The molecule has 7 heteroatoms. The van der Waals surface area contributed by atoms with Crippen LogP contribution in [0, 0.1) is 36.9 Å². The first-order valence-electron chi connectivity index (χ1n) is 10.9. The van der Waals surface area contributed by atoms with Gasteiger partial charge in [-0.05, 0) is 67.5 Å². The summed E-state index contributed by atoms with van der Waals surface area (Å²) >= 11 is 1.42. The monoisotopic (exact) mass is 450 g/mol. The maximum absolute atomic E-state index is 13.4. The van der Waals surface area contributed by atoms with Crippen LogP contribution in [0.3, 0.4) is 0 Å². The standard InChI is InChI=1S/C22H23FN2O.C3H4N2S/c1-15-2-7-19-20(9-11-26-22(19)12-15)25-10-8-16(14-24)13-21(25)17-3-5-18(23)6-4-17;1-3-4-2-5-6-3/h2-7,12,16,20-21H,8-11,13H2,1H3;2H,1H3/t16?,20-,21-;/m1./s1. The second-order valence-electron chi connectivity index (χ2n) is 8.31. The number of benzene rings is 2. The minimum atomic E-state index is -0.222. The number of fused-ring (bicyclic) bond motifs is 1. The number of rotatable bonds is 2. The van der Waals surface area contributed by atoms with Crippen molar-refractivity contribution in [3.8, 4) is 11.8 Å². The highest BCUT2D eigenvalue weighted by molar-refractivity contribution is 7.05. The van der Waals surface area contributed by atoms with Crippen molar-refractivity contribution in [2.24, 2.45) is 5.92 Å². The SMILES string of the molecule is Cc1ccc2c(c1)OCC[C@H]2N1CCC(C#N)C[C@@H]1c1ccc(F)cc1.Cc1ncns1. The van der Waals surface area contributed by atoms with Crippen molar-refractivity contribution >= 4 is 11.5 Å². The lowest BCUT2D eigenvalue weighted by Gasteiger charge is -2.44. The number of nitriles is 1. The fourth-order valence-corrected chi connectivity index (χ4v) is 4.88. The number of ether oxygens (including phenoxy) is 1. The third kappa shape index (κ3) is 5.14. The molecule has 3 aromatic rings. The van der Waals surface area contributed by atoms with E-state index >= 15 is 0 Å². The number of piperidine rings is 1. The molecule has 3 atom stereocenters. The number of hydrogen-bond acceptors (Lipinski definition) is 6. The molecule has 0 radical (unpaired) electrons. The summed E-state index contributed by atoms with van der Waals surface area (Å²) in [6, 6.07) is 16.0. The van der Waals surface area contributed by atoms with E-state index in [4.69, 9.17) is 4.74 Å². The highest BCUT2D eigenvalue weighted by Crippen LogP contribution is 2.44. The Morgan fingerprint density at radius 2 is 1.94 bits per heavy atom. The Balaban J connectivity index is 0.000000354. The summed E-state index contributed by atoms with van der Waals surface area (Å²) in [6.07, 6.45) is 4.17. The van der Waals surface area contributed by atoms with Gasteiger partial charge in [-0.2, -0.15) is 9.64 Å². The molecular weight excluding hydrogens is 423 g/mol. The fraction of sp³-hybridized carbons (Fsp3) is 0.400. The second-order valence-corrected chi connectivity index (χ2v) is 9.29. The van der Waals surface area contributed by atoms with Crippen molar-refractivity contribution in [1.29, 1.82) is 5.26 Å². The second kappa shape index (κ2) is 10.2. The Kier molecular flexibility index (Phi) is 7.13. The number of halogens is 1. The fourth-order valence-electron chi connectivity index (χ4n) is 4.54. The molecule has 1 aromatic heterocycles. The number of likely N-dealkylation sites (tertiary alicyclic amines) is 1. The summed E-state index contributed by atoms with van der Waals surface area (Å²) in [6.45, 7) is 5.58. The maximum Gasteiger partial charge on any atom is 0.129 e. The summed E-state index contributed by atoms with van der Waals surface area (Å²) in [7, 11) is 0. The zero-order chi connectivity index (χ0) is 22.5. The number of nitrogens with zero attached hydrogens (tertiary/aromatic N) is 4. The van der Waals surface area contributed by atoms with E-state index in [9.17, 15) is 9.65 Å². The lowest BCUT2D eigenvalue weighted by Crippen LogP contribution is -2.41. The Hall–Kier alpha value is -2.82. The van der Waals surface area contributed by atoms with Gasteiger partial charge in [0, 0.05) is 36.5 Å². The smallest absolute Gasteiger partial charge is 0.129 e. The summed E-state index contributed by atoms with van der Waals surface area (Å²) < 4.78 is 23.0. The molecule has 3 heterocycles. The Morgan fingerprint density at radius 3 is 2.59 bits per heavy atom. The normalized spacial score (nSPS) is 22.6. The van der Waals surface area contributed by atoms with Gasteiger partial charge in [0.15, 0.2) is 0 Å². The lowest BCUT2D eigenvalue weighted by atomic mass is 9.85. The number of hydrogen-bond donors (Lipinski definition) is 0. The van der Waals surface area contributed by atoms with Gasteiger partial charge in [-0.1, -0.05) is 24.3 Å². The molecule has 2 aliphatic heterocycles. The van der Waals surface area contributed by atoms with E-state index in [0.717, 1.165) is 42.1 Å². The van der Waals surface area contributed by atoms with Crippen molar-refractivity contribution in [1.82, 2.24) is 14.3 Å². The molecule has 0 spiro atoms. The van der Waals surface area contributed by atoms with Gasteiger partial charge in [0.05, 0.1) is 12.7 Å². The summed E-state index contributed by atoms with van der Waals surface area (Å²) in [4.78, 5) is 6.32. The van der Waals surface area contributed by atoms with Crippen LogP contribution in [-0.2, 0) is 0 Å². The van der Waals surface area contributed by atoms with E-state index in [1.54, 1.807) is 6.33 Å². The van der Waals surface area contributed by atoms with Crippen LogP contribution in [-0.4, -0.2) is 27.4 Å². The van der Waals surface area contributed by atoms with Crippen LogP contribution in [0.2, 0.25) is 0 Å². The van der Waals surface area contributed by atoms with E-state index in [1.807, 2.05) is 19.1 Å². The van der Waals surface area contributed by atoms with Crippen LogP contribution in [0.5, 0.6) is 5.75 Å². The molecule has 166 valence electrons. The van der Waals surface area contributed by atoms with Crippen molar-refractivity contribution in [2.45, 2.75) is 45.2 Å². The largest absolute Gasteiger partial charge is 0.493 e. The average molecular weight is 451 g/mol. The van der Waals surface area contributed by atoms with Crippen LogP contribution in [0.4, 0.5) is 4.39 Å². The van der Waals surface area contributed by atoms with Crippen LogP contribution < -0.4 is 4.74 Å². The predicted molar refractivity (Wildman–Crippen MR) is 123 cm³/mol. The molecular formula is C25H27FN4OS. The van der Waals surface area contributed by atoms with Crippen LogP contribution in [0.15, 0.2) is 48.8 Å². The highest BCUT2D eigenvalue weighted by atomic mass is 32.1. The van der Waals surface area contributed by atoms with Gasteiger partial charge in [-0.15, -0.1) is 0 Å². The molecule has 0 bridgehead atoms. The molecule has 1 fully saturated rings.